The molecule has 100 valence electrons. The van der Waals surface area contributed by atoms with Crippen molar-refractivity contribution in [3.05, 3.63) is 60.2 Å². The predicted molar refractivity (Wildman–Crippen MR) is 80.4 cm³/mol. The fraction of sp³-hybridized carbons (Fsp3) is 0.125. The van der Waals surface area contributed by atoms with E-state index < -0.39 is 0 Å². The second-order valence-corrected chi connectivity index (χ2v) is 4.58. The van der Waals surface area contributed by atoms with Crippen molar-refractivity contribution in [2.75, 3.05) is 0 Å². The Labute approximate surface area is 117 Å². The van der Waals surface area contributed by atoms with E-state index in [1.807, 2.05) is 54.6 Å². The first kappa shape index (κ1) is 12.4. The van der Waals surface area contributed by atoms with Gasteiger partial charge >= 0.3 is 0 Å². The molecule has 0 unspecified atom stereocenters. The first-order valence-electron chi connectivity index (χ1n) is 6.53. The van der Waals surface area contributed by atoms with Gasteiger partial charge in [0.25, 0.3) is 0 Å². The van der Waals surface area contributed by atoms with Crippen LogP contribution in [-0.2, 0) is 0 Å². The summed E-state index contributed by atoms with van der Waals surface area (Å²) in [6.45, 7) is 0. The van der Waals surface area contributed by atoms with Crippen molar-refractivity contribution in [3.63, 3.8) is 0 Å². The number of hydrogen-bond donors (Lipinski definition) is 1. The lowest BCUT2D eigenvalue weighted by molar-refractivity contribution is 0.482. The third-order valence-electron chi connectivity index (χ3n) is 3.06. The maximum Gasteiger partial charge on any atom is 0.128 e. The van der Waals surface area contributed by atoms with E-state index in [2.05, 4.69) is 10.2 Å². The molecule has 0 atom stereocenters. The van der Waals surface area contributed by atoms with Crippen LogP contribution in [0.4, 0.5) is 0 Å². The Balaban J connectivity index is 1.83. The second kappa shape index (κ2) is 5.57. The fourth-order valence-corrected chi connectivity index (χ4v) is 2.04. The Morgan fingerprint density at radius 3 is 2.40 bits per heavy atom. The normalized spacial score (nSPS) is 14.4. The van der Waals surface area contributed by atoms with E-state index in [0.717, 1.165) is 35.6 Å². The van der Waals surface area contributed by atoms with Crippen LogP contribution in [0.1, 0.15) is 18.4 Å². The Morgan fingerprint density at radius 2 is 1.65 bits per heavy atom. The van der Waals surface area contributed by atoms with Crippen LogP contribution in [0.5, 0.6) is 11.5 Å². The molecule has 2 aromatic carbocycles. The zero-order valence-corrected chi connectivity index (χ0v) is 11.0. The molecule has 1 aliphatic rings. The Kier molecular flexibility index (Phi) is 3.46. The molecular formula is C16H15N3O. The van der Waals surface area contributed by atoms with Crippen LogP contribution in [-0.4, -0.2) is 11.5 Å². The molecule has 0 aromatic heterocycles. The average molecular weight is 265 g/mol. The van der Waals surface area contributed by atoms with E-state index in [1.54, 1.807) is 0 Å². The molecule has 0 spiro atoms. The highest BCUT2D eigenvalue weighted by Crippen LogP contribution is 2.23. The Bertz CT molecular complexity index is 662. The molecule has 1 heterocycles. The zero-order chi connectivity index (χ0) is 13.8. The SMILES string of the molecule is NC1=NN=C(c2cccc(Oc3ccccc3)c2)CC1. The first-order valence-corrected chi connectivity index (χ1v) is 6.53. The van der Waals surface area contributed by atoms with Crippen molar-refractivity contribution in [1.29, 1.82) is 0 Å². The smallest absolute Gasteiger partial charge is 0.128 e. The van der Waals surface area contributed by atoms with Gasteiger partial charge in [-0.3, -0.25) is 0 Å². The summed E-state index contributed by atoms with van der Waals surface area (Å²) in [5, 5.41) is 8.10. The van der Waals surface area contributed by atoms with Gasteiger partial charge in [-0.2, -0.15) is 5.10 Å². The molecule has 2 aromatic rings. The molecule has 20 heavy (non-hydrogen) atoms. The summed E-state index contributed by atoms with van der Waals surface area (Å²) in [6.07, 6.45) is 1.56. The summed E-state index contributed by atoms with van der Waals surface area (Å²) in [7, 11) is 0. The summed E-state index contributed by atoms with van der Waals surface area (Å²) >= 11 is 0. The van der Waals surface area contributed by atoms with Crippen molar-refractivity contribution in [3.8, 4) is 11.5 Å². The summed E-state index contributed by atoms with van der Waals surface area (Å²) in [6, 6.07) is 17.6. The average Bonchev–Trinajstić information content (AvgIpc) is 2.49. The lowest BCUT2D eigenvalue weighted by Gasteiger charge is -2.11. The van der Waals surface area contributed by atoms with Gasteiger partial charge in [-0.25, -0.2) is 0 Å². The number of hydrogen-bond acceptors (Lipinski definition) is 4. The largest absolute Gasteiger partial charge is 0.457 e. The third kappa shape index (κ3) is 2.85. The highest BCUT2D eigenvalue weighted by atomic mass is 16.5. The molecule has 0 amide bonds. The Morgan fingerprint density at radius 1 is 0.850 bits per heavy atom. The molecule has 0 aliphatic carbocycles. The van der Waals surface area contributed by atoms with Crippen molar-refractivity contribution < 1.29 is 4.74 Å². The quantitative estimate of drug-likeness (QED) is 0.925. The van der Waals surface area contributed by atoms with Crippen LogP contribution in [0.3, 0.4) is 0 Å². The van der Waals surface area contributed by atoms with Gasteiger partial charge in [-0.05, 0) is 30.7 Å². The Hall–Kier alpha value is -2.62. The topological polar surface area (TPSA) is 60.0 Å². The van der Waals surface area contributed by atoms with Gasteiger partial charge in [0.1, 0.15) is 17.3 Å². The van der Waals surface area contributed by atoms with Crippen LogP contribution >= 0.6 is 0 Å². The molecule has 0 radical (unpaired) electrons. The number of nitrogens with zero attached hydrogens (tertiary/aromatic N) is 2. The van der Waals surface area contributed by atoms with E-state index in [1.165, 1.54) is 0 Å². The van der Waals surface area contributed by atoms with Gasteiger partial charge < -0.3 is 10.5 Å². The van der Waals surface area contributed by atoms with E-state index in [9.17, 15) is 0 Å². The van der Waals surface area contributed by atoms with Crippen LogP contribution in [0, 0.1) is 0 Å². The van der Waals surface area contributed by atoms with Crippen molar-refractivity contribution in [1.82, 2.24) is 0 Å². The second-order valence-electron chi connectivity index (χ2n) is 4.58. The van der Waals surface area contributed by atoms with E-state index in [4.69, 9.17) is 10.5 Å². The summed E-state index contributed by atoms with van der Waals surface area (Å²) in [5.74, 6) is 2.20. The maximum absolute atomic E-state index is 5.82. The monoisotopic (exact) mass is 265 g/mol. The van der Waals surface area contributed by atoms with E-state index in [0.29, 0.717) is 5.84 Å². The third-order valence-corrected chi connectivity index (χ3v) is 3.06. The molecule has 0 fully saturated rings. The van der Waals surface area contributed by atoms with Gasteiger partial charge in [0.2, 0.25) is 0 Å². The van der Waals surface area contributed by atoms with Gasteiger partial charge in [-0.1, -0.05) is 30.3 Å². The lowest BCUT2D eigenvalue weighted by Crippen LogP contribution is -2.17. The summed E-state index contributed by atoms with van der Waals surface area (Å²) < 4.78 is 5.82. The van der Waals surface area contributed by atoms with Crippen molar-refractivity contribution in [2.24, 2.45) is 15.9 Å². The highest BCUT2D eigenvalue weighted by molar-refractivity contribution is 6.04. The van der Waals surface area contributed by atoms with Gasteiger partial charge in [0, 0.05) is 12.0 Å². The maximum atomic E-state index is 5.82. The molecule has 2 N–H and O–H groups in total. The van der Waals surface area contributed by atoms with Crippen molar-refractivity contribution in [2.45, 2.75) is 12.8 Å². The summed E-state index contributed by atoms with van der Waals surface area (Å²) in [5.41, 5.74) is 7.59. The van der Waals surface area contributed by atoms with E-state index >= 15 is 0 Å². The molecule has 1 aliphatic heterocycles. The van der Waals surface area contributed by atoms with Crippen molar-refractivity contribution >= 4 is 11.5 Å². The first-order chi connectivity index (χ1) is 9.81. The standard InChI is InChI=1S/C16H15N3O/c17-16-10-9-15(18-19-16)12-5-4-8-14(11-12)20-13-6-2-1-3-7-13/h1-8,11H,9-10H2,(H2,17,19). The van der Waals surface area contributed by atoms with Crippen LogP contribution in [0.2, 0.25) is 0 Å². The van der Waals surface area contributed by atoms with Crippen LogP contribution in [0.15, 0.2) is 64.8 Å². The number of benzene rings is 2. The number of nitrogens with two attached hydrogens (primary N) is 1. The number of amidine groups is 1. The predicted octanol–water partition coefficient (Wildman–Crippen LogP) is 3.33. The van der Waals surface area contributed by atoms with Crippen LogP contribution in [0.25, 0.3) is 0 Å². The molecule has 4 heteroatoms. The molecule has 0 saturated heterocycles. The van der Waals surface area contributed by atoms with Gasteiger partial charge in [-0.15, -0.1) is 5.10 Å². The number of ether oxygens (including phenoxy) is 1. The highest BCUT2D eigenvalue weighted by Gasteiger charge is 2.10. The van der Waals surface area contributed by atoms with Gasteiger partial charge in [0.05, 0.1) is 5.71 Å². The summed E-state index contributed by atoms with van der Waals surface area (Å²) in [4.78, 5) is 0. The molecule has 3 rings (SSSR count). The minimum absolute atomic E-state index is 0.588. The molecule has 4 nitrogen and oxygen atoms in total. The molecule has 0 saturated carbocycles. The molecular weight excluding hydrogens is 250 g/mol. The van der Waals surface area contributed by atoms with Crippen LogP contribution < -0.4 is 10.5 Å². The lowest BCUT2D eigenvalue weighted by atomic mass is 10.0. The number of para-hydroxylation sites is 1. The fourth-order valence-electron chi connectivity index (χ4n) is 2.04. The number of rotatable bonds is 3. The molecule has 0 bridgehead atoms. The minimum Gasteiger partial charge on any atom is -0.457 e. The van der Waals surface area contributed by atoms with E-state index in [-0.39, 0.29) is 0 Å². The minimum atomic E-state index is 0.588. The van der Waals surface area contributed by atoms with Gasteiger partial charge in [0.15, 0.2) is 0 Å². The zero-order valence-electron chi connectivity index (χ0n) is 11.0.